The van der Waals surface area contributed by atoms with Crippen molar-refractivity contribution in [3.8, 4) is 11.5 Å². The minimum atomic E-state index is 0.0146. The molecule has 0 radical (unpaired) electrons. The highest BCUT2D eigenvalue weighted by Gasteiger charge is 2.21. The summed E-state index contributed by atoms with van der Waals surface area (Å²) in [7, 11) is 0. The number of fused-ring (bicyclic) bond motifs is 1. The Hall–Kier alpha value is -2.43. The molecule has 0 fully saturated rings. The quantitative estimate of drug-likeness (QED) is 0.922. The molecule has 0 bridgehead atoms. The van der Waals surface area contributed by atoms with Crippen LogP contribution in [0.15, 0.2) is 36.5 Å². The molecule has 0 unspecified atom stereocenters. The van der Waals surface area contributed by atoms with Gasteiger partial charge in [-0.15, -0.1) is 0 Å². The maximum Gasteiger partial charge on any atom is 0.260 e. The summed E-state index contributed by atoms with van der Waals surface area (Å²) in [6, 6.07) is 9.35. The minimum Gasteiger partial charge on any atom is -0.494 e. The number of benzene rings is 1. The predicted octanol–water partition coefficient (Wildman–Crippen LogP) is 2.38. The number of nitrogens with zero attached hydrogens (tertiary/aromatic N) is 1. The largest absolute Gasteiger partial charge is 0.494 e. The third-order valence-corrected chi connectivity index (χ3v) is 3.77. The van der Waals surface area contributed by atoms with E-state index in [1.807, 2.05) is 48.4 Å². The number of rotatable bonds is 5. The predicted molar refractivity (Wildman–Crippen MR) is 83.0 cm³/mol. The smallest absolute Gasteiger partial charge is 0.260 e. The van der Waals surface area contributed by atoms with Gasteiger partial charge in [0, 0.05) is 31.4 Å². The third-order valence-electron chi connectivity index (χ3n) is 3.77. The molecular formula is C17H20N2O3. The Bertz CT molecular complexity index is 634. The van der Waals surface area contributed by atoms with Crippen molar-refractivity contribution in [1.29, 1.82) is 0 Å². The molecule has 2 aromatic rings. The zero-order chi connectivity index (χ0) is 15.4. The number of aromatic nitrogens is 1. The molecule has 1 aliphatic heterocycles. The van der Waals surface area contributed by atoms with Crippen molar-refractivity contribution in [3.05, 3.63) is 47.8 Å². The van der Waals surface area contributed by atoms with Gasteiger partial charge in [0.25, 0.3) is 5.91 Å². The summed E-state index contributed by atoms with van der Waals surface area (Å²) < 4.78 is 10.9. The van der Waals surface area contributed by atoms with Crippen molar-refractivity contribution in [3.63, 3.8) is 0 Å². The van der Waals surface area contributed by atoms with Crippen LogP contribution < -0.4 is 9.47 Å². The van der Waals surface area contributed by atoms with Gasteiger partial charge < -0.3 is 19.4 Å². The Kier molecular flexibility index (Phi) is 4.32. The second-order valence-corrected chi connectivity index (χ2v) is 5.24. The van der Waals surface area contributed by atoms with Gasteiger partial charge in [0.2, 0.25) is 0 Å². The molecule has 22 heavy (non-hydrogen) atoms. The maximum absolute atomic E-state index is 12.2. The fourth-order valence-corrected chi connectivity index (χ4v) is 2.60. The van der Waals surface area contributed by atoms with Crippen LogP contribution in [0.1, 0.15) is 18.2 Å². The first-order chi connectivity index (χ1) is 10.8. The lowest BCUT2D eigenvalue weighted by molar-refractivity contribution is -0.134. The summed E-state index contributed by atoms with van der Waals surface area (Å²) in [5.41, 5.74) is 2.43. The molecule has 5 nitrogen and oxygen atoms in total. The van der Waals surface area contributed by atoms with Crippen molar-refractivity contribution in [2.75, 3.05) is 19.8 Å². The summed E-state index contributed by atoms with van der Waals surface area (Å²) in [5.74, 6) is 1.49. The van der Waals surface area contributed by atoms with Crippen LogP contribution in [-0.2, 0) is 17.8 Å². The summed E-state index contributed by atoms with van der Waals surface area (Å²) in [5, 5.41) is 0. The summed E-state index contributed by atoms with van der Waals surface area (Å²) in [6.45, 7) is 4.03. The second-order valence-electron chi connectivity index (χ2n) is 5.24. The Morgan fingerprint density at radius 1 is 1.18 bits per heavy atom. The van der Waals surface area contributed by atoms with E-state index in [9.17, 15) is 4.79 Å². The van der Waals surface area contributed by atoms with Gasteiger partial charge in [-0.2, -0.15) is 0 Å². The number of aromatic amines is 1. The van der Waals surface area contributed by atoms with Crippen molar-refractivity contribution in [2.24, 2.45) is 0 Å². The number of carbonyl (C=O) groups is 1. The molecule has 1 aromatic heterocycles. The van der Waals surface area contributed by atoms with E-state index in [0.717, 1.165) is 18.7 Å². The Morgan fingerprint density at radius 2 is 1.91 bits per heavy atom. The monoisotopic (exact) mass is 300 g/mol. The normalized spacial score (nSPS) is 13.6. The number of H-pyrrole nitrogens is 1. The fraction of sp³-hybridized carbons (Fsp3) is 0.353. The SMILES string of the molecule is CCOc1ccc(OCC(=O)N2CCc3[nH]ccc3C2)cc1. The topological polar surface area (TPSA) is 54.6 Å². The van der Waals surface area contributed by atoms with Crippen molar-refractivity contribution < 1.29 is 14.3 Å². The van der Waals surface area contributed by atoms with Crippen LogP contribution in [0.5, 0.6) is 11.5 Å². The lowest BCUT2D eigenvalue weighted by atomic mass is 10.1. The first-order valence-electron chi connectivity index (χ1n) is 7.55. The molecule has 0 spiro atoms. The molecule has 1 N–H and O–H groups in total. The molecule has 1 aliphatic rings. The van der Waals surface area contributed by atoms with Crippen LogP contribution in [0.3, 0.4) is 0 Å². The molecule has 0 atom stereocenters. The lowest BCUT2D eigenvalue weighted by Gasteiger charge is -2.27. The molecule has 0 saturated carbocycles. The molecule has 3 rings (SSSR count). The molecule has 1 aromatic carbocycles. The van der Waals surface area contributed by atoms with Crippen molar-refractivity contribution in [1.82, 2.24) is 9.88 Å². The molecule has 2 heterocycles. The first-order valence-corrected chi connectivity index (χ1v) is 7.55. The van der Waals surface area contributed by atoms with E-state index in [1.165, 1.54) is 11.3 Å². The van der Waals surface area contributed by atoms with Gasteiger partial charge in [-0.25, -0.2) is 0 Å². The number of hydrogen-bond donors (Lipinski definition) is 1. The lowest BCUT2D eigenvalue weighted by Crippen LogP contribution is -2.38. The van der Waals surface area contributed by atoms with Crippen LogP contribution in [-0.4, -0.2) is 35.5 Å². The number of amides is 1. The Morgan fingerprint density at radius 3 is 2.64 bits per heavy atom. The van der Waals surface area contributed by atoms with Crippen LogP contribution in [0, 0.1) is 0 Å². The van der Waals surface area contributed by atoms with Gasteiger partial charge in [-0.1, -0.05) is 0 Å². The van der Waals surface area contributed by atoms with Gasteiger partial charge >= 0.3 is 0 Å². The molecule has 116 valence electrons. The summed E-state index contributed by atoms with van der Waals surface area (Å²) in [6.07, 6.45) is 2.80. The Labute approximate surface area is 129 Å². The molecule has 0 aliphatic carbocycles. The van der Waals surface area contributed by atoms with Gasteiger partial charge in [0.05, 0.1) is 6.61 Å². The summed E-state index contributed by atoms with van der Waals surface area (Å²) >= 11 is 0. The zero-order valence-electron chi connectivity index (χ0n) is 12.7. The summed E-state index contributed by atoms with van der Waals surface area (Å²) in [4.78, 5) is 17.3. The highest BCUT2D eigenvalue weighted by atomic mass is 16.5. The first kappa shape index (κ1) is 14.5. The van der Waals surface area contributed by atoms with Crippen molar-refractivity contribution in [2.45, 2.75) is 19.9 Å². The van der Waals surface area contributed by atoms with Gasteiger partial charge in [-0.3, -0.25) is 4.79 Å². The number of carbonyl (C=O) groups excluding carboxylic acids is 1. The highest BCUT2D eigenvalue weighted by Crippen LogP contribution is 2.19. The Balaban J connectivity index is 1.52. The fourth-order valence-electron chi connectivity index (χ4n) is 2.60. The zero-order valence-corrected chi connectivity index (χ0v) is 12.7. The van der Waals surface area contributed by atoms with Gasteiger partial charge in [0.1, 0.15) is 11.5 Å². The maximum atomic E-state index is 12.2. The van der Waals surface area contributed by atoms with Crippen LogP contribution in [0.25, 0.3) is 0 Å². The van der Waals surface area contributed by atoms with Crippen LogP contribution in [0.4, 0.5) is 0 Å². The van der Waals surface area contributed by atoms with E-state index in [-0.39, 0.29) is 12.5 Å². The van der Waals surface area contributed by atoms with E-state index in [0.29, 0.717) is 18.9 Å². The van der Waals surface area contributed by atoms with E-state index in [4.69, 9.17) is 9.47 Å². The average molecular weight is 300 g/mol. The van der Waals surface area contributed by atoms with E-state index >= 15 is 0 Å². The molecule has 0 saturated heterocycles. The minimum absolute atomic E-state index is 0.0146. The van der Waals surface area contributed by atoms with Crippen LogP contribution >= 0.6 is 0 Å². The van der Waals surface area contributed by atoms with Gasteiger partial charge in [0.15, 0.2) is 6.61 Å². The highest BCUT2D eigenvalue weighted by molar-refractivity contribution is 5.78. The molecular weight excluding hydrogens is 280 g/mol. The van der Waals surface area contributed by atoms with Crippen molar-refractivity contribution >= 4 is 5.91 Å². The van der Waals surface area contributed by atoms with Gasteiger partial charge in [-0.05, 0) is 42.8 Å². The van der Waals surface area contributed by atoms with E-state index < -0.39 is 0 Å². The standard InChI is InChI=1S/C17H20N2O3/c1-2-21-14-3-5-15(6-4-14)22-12-17(20)19-10-8-16-13(11-19)7-9-18-16/h3-7,9,18H,2,8,10-12H2,1H3. The van der Waals surface area contributed by atoms with E-state index in [2.05, 4.69) is 4.98 Å². The number of ether oxygens (including phenoxy) is 2. The van der Waals surface area contributed by atoms with Crippen LogP contribution in [0.2, 0.25) is 0 Å². The number of nitrogens with one attached hydrogen (secondary N) is 1. The second kappa shape index (κ2) is 6.56. The van der Waals surface area contributed by atoms with E-state index in [1.54, 1.807) is 0 Å². The average Bonchev–Trinajstić information content (AvgIpc) is 3.01. The molecule has 1 amide bonds. The number of hydrogen-bond acceptors (Lipinski definition) is 3. The molecule has 5 heteroatoms. The third kappa shape index (κ3) is 3.24.